The number of rotatable bonds is 4. The predicted octanol–water partition coefficient (Wildman–Crippen LogP) is 3.41. The fourth-order valence-corrected chi connectivity index (χ4v) is 3.82. The van der Waals surface area contributed by atoms with Crippen LogP contribution in [-0.4, -0.2) is 14.6 Å². The molecule has 0 spiro atoms. The maximum atomic E-state index is 12.2. The number of hydrogen-bond donors (Lipinski definition) is 0. The van der Waals surface area contributed by atoms with Gasteiger partial charge in [0.25, 0.3) is 0 Å². The molecule has 6 heteroatoms. The molecule has 0 aromatic carbocycles. The Hall–Kier alpha value is -0.693. The fraction of sp³-hybridized carbons (Fsp3) is 0.417. The Labute approximate surface area is 125 Å². The van der Waals surface area contributed by atoms with Crippen LogP contribution in [0.1, 0.15) is 6.42 Å². The number of halogens is 2. The van der Waals surface area contributed by atoms with Gasteiger partial charge in [0.1, 0.15) is 11.9 Å². The van der Waals surface area contributed by atoms with E-state index in [-0.39, 0.29) is 16.9 Å². The minimum atomic E-state index is -0.786. The van der Waals surface area contributed by atoms with Crippen LogP contribution in [0.2, 0.25) is 19.1 Å². The number of carbonyl (C=O) groups is 1. The summed E-state index contributed by atoms with van der Waals surface area (Å²) in [5, 5.41) is 18.2. The van der Waals surface area contributed by atoms with Crippen LogP contribution in [0.5, 0.6) is 0 Å². The normalized spacial score (nSPS) is 19.2. The van der Waals surface area contributed by atoms with Crippen molar-refractivity contribution in [2.45, 2.75) is 25.6 Å². The Kier molecular flexibility index (Phi) is 5.52. The van der Waals surface area contributed by atoms with Crippen LogP contribution in [0.15, 0.2) is 20.1 Å². The summed E-state index contributed by atoms with van der Waals surface area (Å²) in [5.74, 6) is -0.575. The van der Waals surface area contributed by atoms with Crippen molar-refractivity contribution >= 4 is 46.4 Å². The highest BCUT2D eigenvalue weighted by Crippen LogP contribution is 2.44. The topological polar surface area (TPSA) is 64.7 Å². The van der Waals surface area contributed by atoms with Gasteiger partial charge in [0.2, 0.25) is 0 Å². The van der Waals surface area contributed by atoms with Gasteiger partial charge in [-0.15, -0.1) is 0 Å². The molecule has 1 aliphatic rings. The van der Waals surface area contributed by atoms with E-state index in [9.17, 15) is 4.79 Å². The fourth-order valence-electron chi connectivity index (χ4n) is 1.74. The molecule has 1 atom stereocenters. The van der Waals surface area contributed by atoms with Gasteiger partial charge in [0, 0.05) is 24.2 Å². The number of nitriles is 2. The van der Waals surface area contributed by atoms with E-state index >= 15 is 0 Å². The molecule has 0 bridgehead atoms. The van der Waals surface area contributed by atoms with E-state index in [1.807, 2.05) is 12.1 Å². The molecule has 0 fully saturated rings. The molecular formula is C12H12Br2N2OSi. The molecule has 0 amide bonds. The van der Waals surface area contributed by atoms with Gasteiger partial charge in [-0.3, -0.25) is 4.79 Å². The quantitative estimate of drug-likeness (QED) is 0.694. The van der Waals surface area contributed by atoms with Crippen molar-refractivity contribution in [2.24, 2.45) is 5.92 Å². The lowest BCUT2D eigenvalue weighted by atomic mass is 9.96. The summed E-state index contributed by atoms with van der Waals surface area (Å²) in [6.45, 7) is 4.37. The van der Waals surface area contributed by atoms with Crippen molar-refractivity contribution in [1.82, 2.24) is 0 Å². The van der Waals surface area contributed by atoms with Crippen LogP contribution in [0, 0.1) is 28.6 Å². The number of allylic oxidation sites excluding steroid dienone is 4. The standard InChI is InChI=1S/C12H12Br2N2OSi/c1-18(2)4-3-9(17)10-7(5-15)8(6-16)11(13)12(10)14/h10,18H,3-4H2,1-2H3. The molecule has 0 radical (unpaired) electrons. The molecular weight excluding hydrogens is 376 g/mol. The summed E-state index contributed by atoms with van der Waals surface area (Å²) in [6, 6.07) is 4.89. The summed E-state index contributed by atoms with van der Waals surface area (Å²) < 4.78 is 1.13. The second-order valence-electron chi connectivity index (χ2n) is 4.51. The Balaban J connectivity index is 3.04. The lowest BCUT2D eigenvalue weighted by Gasteiger charge is -2.11. The summed E-state index contributed by atoms with van der Waals surface area (Å²) in [4.78, 5) is 12.2. The third-order valence-corrected chi connectivity index (χ3v) is 6.42. The Bertz CT molecular complexity index is 523. The van der Waals surface area contributed by atoms with E-state index in [1.165, 1.54) is 0 Å². The van der Waals surface area contributed by atoms with Gasteiger partial charge in [-0.2, -0.15) is 10.5 Å². The van der Waals surface area contributed by atoms with Gasteiger partial charge in [-0.1, -0.05) is 35.1 Å². The van der Waals surface area contributed by atoms with E-state index in [1.54, 1.807) is 0 Å². The Morgan fingerprint density at radius 2 is 1.94 bits per heavy atom. The highest BCUT2D eigenvalue weighted by molar-refractivity contribution is 9.14. The Morgan fingerprint density at radius 3 is 2.39 bits per heavy atom. The average molecular weight is 388 g/mol. The zero-order valence-corrected chi connectivity index (χ0v) is 14.5. The minimum absolute atomic E-state index is 0.0156. The largest absolute Gasteiger partial charge is 0.299 e. The van der Waals surface area contributed by atoms with Crippen molar-refractivity contribution in [3.8, 4) is 12.1 Å². The molecule has 0 aromatic rings. The first kappa shape index (κ1) is 15.4. The third kappa shape index (κ3) is 3.00. The van der Waals surface area contributed by atoms with Crippen LogP contribution < -0.4 is 0 Å². The summed E-state index contributed by atoms with van der Waals surface area (Å²) in [6.07, 6.45) is 0.480. The van der Waals surface area contributed by atoms with Crippen LogP contribution >= 0.6 is 31.9 Å². The molecule has 1 aliphatic carbocycles. The van der Waals surface area contributed by atoms with Crippen LogP contribution in [0.25, 0.3) is 0 Å². The second-order valence-corrected chi connectivity index (χ2v) is 9.52. The molecule has 0 aliphatic heterocycles. The van der Waals surface area contributed by atoms with Crippen molar-refractivity contribution in [1.29, 1.82) is 10.5 Å². The highest BCUT2D eigenvalue weighted by Gasteiger charge is 2.36. The first-order valence-corrected chi connectivity index (χ1v) is 10.3. The molecule has 94 valence electrons. The molecule has 1 rings (SSSR count). The maximum absolute atomic E-state index is 12.2. The van der Waals surface area contributed by atoms with Crippen molar-refractivity contribution < 1.29 is 4.79 Å². The van der Waals surface area contributed by atoms with Crippen molar-refractivity contribution in [3.63, 3.8) is 0 Å². The summed E-state index contributed by atoms with van der Waals surface area (Å²) in [5.41, 5.74) is 0.524. The number of nitrogens with zero attached hydrogens (tertiary/aromatic N) is 2. The van der Waals surface area contributed by atoms with Crippen molar-refractivity contribution in [2.75, 3.05) is 0 Å². The number of ketones is 1. The zero-order valence-electron chi connectivity index (χ0n) is 10.1. The van der Waals surface area contributed by atoms with Crippen LogP contribution in [0.4, 0.5) is 0 Å². The van der Waals surface area contributed by atoms with E-state index in [4.69, 9.17) is 10.5 Å². The molecule has 0 saturated heterocycles. The van der Waals surface area contributed by atoms with Crippen molar-refractivity contribution in [3.05, 3.63) is 20.1 Å². The van der Waals surface area contributed by atoms with Gasteiger partial charge in [-0.05, 0) is 15.9 Å². The molecule has 3 nitrogen and oxygen atoms in total. The predicted molar refractivity (Wildman–Crippen MR) is 79.9 cm³/mol. The molecule has 18 heavy (non-hydrogen) atoms. The van der Waals surface area contributed by atoms with E-state index in [0.717, 1.165) is 6.04 Å². The summed E-state index contributed by atoms with van der Waals surface area (Å²) in [7, 11) is -0.786. The van der Waals surface area contributed by atoms with E-state index in [0.29, 0.717) is 15.4 Å². The van der Waals surface area contributed by atoms with Gasteiger partial charge in [-0.25, -0.2) is 0 Å². The first-order valence-electron chi connectivity index (χ1n) is 5.56. The zero-order chi connectivity index (χ0) is 13.9. The number of hydrogen-bond acceptors (Lipinski definition) is 3. The Morgan fingerprint density at radius 1 is 1.33 bits per heavy atom. The smallest absolute Gasteiger partial charge is 0.145 e. The summed E-state index contributed by atoms with van der Waals surface area (Å²) >= 11 is 6.58. The van der Waals surface area contributed by atoms with E-state index in [2.05, 4.69) is 45.0 Å². The first-order chi connectivity index (χ1) is 8.43. The van der Waals surface area contributed by atoms with Gasteiger partial charge < -0.3 is 0 Å². The molecule has 0 aromatic heterocycles. The van der Waals surface area contributed by atoms with Gasteiger partial charge in [0.15, 0.2) is 0 Å². The van der Waals surface area contributed by atoms with Crippen LogP contribution in [-0.2, 0) is 4.79 Å². The van der Waals surface area contributed by atoms with E-state index < -0.39 is 14.7 Å². The lowest BCUT2D eigenvalue weighted by Crippen LogP contribution is -2.16. The monoisotopic (exact) mass is 386 g/mol. The molecule has 0 N–H and O–H groups in total. The van der Waals surface area contributed by atoms with Gasteiger partial charge in [0.05, 0.1) is 23.1 Å². The molecule has 0 heterocycles. The average Bonchev–Trinajstić information content (AvgIpc) is 2.58. The van der Waals surface area contributed by atoms with Crippen LogP contribution in [0.3, 0.4) is 0 Å². The molecule has 1 unspecified atom stereocenters. The third-order valence-electron chi connectivity index (χ3n) is 2.76. The number of Topliss-reactive ketones (excluding diaryl/α,β-unsaturated/α-hetero) is 1. The SMILES string of the molecule is C[SiH](C)CCC(=O)C1C(Br)=C(Br)C(C#N)=C1C#N. The second kappa shape index (κ2) is 6.47. The highest BCUT2D eigenvalue weighted by atomic mass is 79.9. The minimum Gasteiger partial charge on any atom is -0.299 e. The maximum Gasteiger partial charge on any atom is 0.145 e. The number of carbonyl (C=O) groups excluding carboxylic acids is 1. The van der Waals surface area contributed by atoms with Gasteiger partial charge >= 0.3 is 0 Å². The molecule has 0 saturated carbocycles. The lowest BCUT2D eigenvalue weighted by molar-refractivity contribution is -0.120.